The van der Waals surface area contributed by atoms with E-state index >= 15 is 0 Å². The van der Waals surface area contributed by atoms with Crippen LogP contribution in [0.25, 0.3) is 0 Å². The molecule has 0 radical (unpaired) electrons. The molecule has 3 aromatic carbocycles. The number of halogens is 7. The molecule has 1 N–H and O–H groups in total. The first kappa shape index (κ1) is 29.2. The summed E-state index contributed by atoms with van der Waals surface area (Å²) >= 11 is 3.30. The highest BCUT2D eigenvalue weighted by Gasteiger charge is 2.39. The van der Waals surface area contributed by atoms with Gasteiger partial charge >= 0.3 is 18.3 Å². The van der Waals surface area contributed by atoms with Crippen LogP contribution in [0.15, 0.2) is 65.1 Å². The lowest BCUT2D eigenvalue weighted by molar-refractivity contribution is -0.141. The maximum absolute atomic E-state index is 13.6. The summed E-state index contributed by atoms with van der Waals surface area (Å²) in [6, 6.07) is 12.4. The third kappa shape index (κ3) is 6.52. The molecule has 0 saturated carbocycles. The van der Waals surface area contributed by atoms with Crippen LogP contribution in [0.2, 0.25) is 0 Å². The number of hydrogen-bond donors (Lipinski definition) is 1. The molecule has 0 atom stereocenters. The number of anilines is 3. The van der Waals surface area contributed by atoms with E-state index in [1.807, 2.05) is 0 Å². The molecule has 1 aliphatic heterocycles. The number of nitrogens with one attached hydrogen (secondary N) is 1. The van der Waals surface area contributed by atoms with Gasteiger partial charge in [-0.3, -0.25) is 4.79 Å². The molecular formula is C27H22BrF6N3O3. The number of carbonyl (C=O) groups excluding carboxylic acids is 2. The highest BCUT2D eigenvalue weighted by atomic mass is 79.9. The Morgan fingerprint density at radius 2 is 1.35 bits per heavy atom. The van der Waals surface area contributed by atoms with Crippen molar-refractivity contribution in [3.05, 3.63) is 87.4 Å². The summed E-state index contributed by atoms with van der Waals surface area (Å²) in [5.41, 5.74) is -1.63. The number of esters is 1. The predicted molar refractivity (Wildman–Crippen MR) is 141 cm³/mol. The molecule has 0 unspecified atom stereocenters. The number of carbonyl (C=O) groups is 2. The summed E-state index contributed by atoms with van der Waals surface area (Å²) in [6.45, 7) is 0.213. The first-order chi connectivity index (χ1) is 18.8. The topological polar surface area (TPSA) is 61.9 Å². The van der Waals surface area contributed by atoms with E-state index in [1.54, 1.807) is 35.2 Å². The molecule has 0 spiro atoms. The Morgan fingerprint density at radius 1 is 0.775 bits per heavy atom. The van der Waals surface area contributed by atoms with Gasteiger partial charge in [-0.05, 0) is 60.7 Å². The smallest absolute Gasteiger partial charge is 0.418 e. The Hall–Kier alpha value is -3.74. The van der Waals surface area contributed by atoms with E-state index < -0.39 is 41.0 Å². The van der Waals surface area contributed by atoms with Crippen LogP contribution < -0.4 is 15.1 Å². The highest BCUT2D eigenvalue weighted by molar-refractivity contribution is 9.10. The summed E-state index contributed by atoms with van der Waals surface area (Å²) in [6.07, 6.45) is -9.64. The fourth-order valence-corrected chi connectivity index (χ4v) is 4.61. The van der Waals surface area contributed by atoms with Crippen molar-refractivity contribution in [2.24, 2.45) is 0 Å². The lowest BCUT2D eigenvalue weighted by atomic mass is 10.1. The first-order valence-corrected chi connectivity index (χ1v) is 12.6. The van der Waals surface area contributed by atoms with Gasteiger partial charge in [-0.25, -0.2) is 4.79 Å². The van der Waals surface area contributed by atoms with Crippen LogP contribution in [0, 0.1) is 0 Å². The summed E-state index contributed by atoms with van der Waals surface area (Å²) in [5.74, 6) is -1.10. The Kier molecular flexibility index (Phi) is 8.33. The fourth-order valence-electron chi connectivity index (χ4n) is 4.35. The van der Waals surface area contributed by atoms with Gasteiger partial charge in [-0.2, -0.15) is 26.3 Å². The minimum Gasteiger partial charge on any atom is -0.465 e. The lowest BCUT2D eigenvalue weighted by Gasteiger charge is -2.39. The van der Waals surface area contributed by atoms with Crippen molar-refractivity contribution in [3.63, 3.8) is 0 Å². The molecule has 3 aromatic rings. The van der Waals surface area contributed by atoms with E-state index in [-0.39, 0.29) is 37.4 Å². The Morgan fingerprint density at radius 3 is 1.90 bits per heavy atom. The molecule has 1 aliphatic rings. The average Bonchev–Trinajstić information content (AvgIpc) is 2.91. The van der Waals surface area contributed by atoms with Gasteiger partial charge in [0.05, 0.1) is 35.2 Å². The van der Waals surface area contributed by atoms with Gasteiger partial charge in [0, 0.05) is 41.9 Å². The quantitative estimate of drug-likeness (QED) is 0.247. The number of nitrogens with zero attached hydrogens (tertiary/aromatic N) is 2. The zero-order valence-electron chi connectivity index (χ0n) is 20.9. The van der Waals surface area contributed by atoms with E-state index in [0.717, 1.165) is 4.47 Å². The SMILES string of the molecule is COC(=O)c1ccc(N2CCN(c3cc(C(F)(F)F)ccc3C(F)(F)F)CC2)c(NC(=O)c2ccc(Br)cc2)c1. The predicted octanol–water partition coefficient (Wildman–Crippen LogP) is 6.85. The molecule has 0 aromatic heterocycles. The number of amides is 1. The maximum atomic E-state index is 13.6. The fraction of sp³-hybridized carbons (Fsp3) is 0.259. The number of benzene rings is 3. The molecule has 212 valence electrons. The summed E-state index contributed by atoms with van der Waals surface area (Å²) in [4.78, 5) is 28.1. The van der Waals surface area contributed by atoms with Crippen LogP contribution in [0.1, 0.15) is 31.8 Å². The molecule has 1 saturated heterocycles. The van der Waals surface area contributed by atoms with Gasteiger partial charge < -0.3 is 19.9 Å². The van der Waals surface area contributed by atoms with E-state index in [1.165, 1.54) is 24.1 Å². The molecule has 1 heterocycles. The van der Waals surface area contributed by atoms with Crippen LogP contribution >= 0.6 is 15.9 Å². The van der Waals surface area contributed by atoms with Gasteiger partial charge in [0.1, 0.15) is 0 Å². The molecular weight excluding hydrogens is 608 g/mol. The van der Waals surface area contributed by atoms with Crippen molar-refractivity contribution in [1.29, 1.82) is 0 Å². The van der Waals surface area contributed by atoms with Gasteiger partial charge in [0.2, 0.25) is 0 Å². The first-order valence-electron chi connectivity index (χ1n) is 11.9. The summed E-state index contributed by atoms with van der Waals surface area (Å²) in [7, 11) is 1.21. The van der Waals surface area contributed by atoms with Crippen molar-refractivity contribution in [1.82, 2.24) is 0 Å². The zero-order valence-corrected chi connectivity index (χ0v) is 22.5. The van der Waals surface area contributed by atoms with Gasteiger partial charge in [-0.15, -0.1) is 0 Å². The van der Waals surface area contributed by atoms with E-state index in [4.69, 9.17) is 4.74 Å². The van der Waals surface area contributed by atoms with Crippen molar-refractivity contribution in [3.8, 4) is 0 Å². The van der Waals surface area contributed by atoms with E-state index in [9.17, 15) is 35.9 Å². The van der Waals surface area contributed by atoms with Crippen LogP contribution in [-0.2, 0) is 17.1 Å². The van der Waals surface area contributed by atoms with Crippen LogP contribution in [0.5, 0.6) is 0 Å². The second kappa shape index (κ2) is 11.4. The summed E-state index contributed by atoms with van der Waals surface area (Å²) in [5, 5.41) is 2.77. The molecule has 6 nitrogen and oxygen atoms in total. The van der Waals surface area contributed by atoms with Crippen molar-refractivity contribution >= 4 is 44.9 Å². The number of hydrogen-bond acceptors (Lipinski definition) is 5. The Labute approximate surface area is 233 Å². The summed E-state index contributed by atoms with van der Waals surface area (Å²) < 4.78 is 86.3. The molecule has 13 heteroatoms. The monoisotopic (exact) mass is 629 g/mol. The van der Waals surface area contributed by atoms with Crippen molar-refractivity contribution < 1.29 is 40.7 Å². The number of ether oxygens (including phenoxy) is 1. The Balaban J connectivity index is 1.61. The minimum atomic E-state index is -4.84. The molecule has 4 rings (SSSR count). The molecule has 40 heavy (non-hydrogen) atoms. The highest BCUT2D eigenvalue weighted by Crippen LogP contribution is 2.41. The molecule has 1 fully saturated rings. The van der Waals surface area contributed by atoms with Gasteiger partial charge in [0.15, 0.2) is 0 Å². The van der Waals surface area contributed by atoms with Gasteiger partial charge in [0.25, 0.3) is 5.91 Å². The van der Waals surface area contributed by atoms with Crippen LogP contribution in [-0.4, -0.2) is 45.2 Å². The van der Waals surface area contributed by atoms with E-state index in [2.05, 4.69) is 21.2 Å². The third-order valence-electron chi connectivity index (χ3n) is 6.36. The minimum absolute atomic E-state index is 0.0246. The maximum Gasteiger partial charge on any atom is 0.418 e. The standard InChI is InChI=1S/C27H22BrF6N3O3/c1-40-25(39)17-4-9-22(21(14-17)35-24(38)16-2-6-19(28)7-3-16)36-10-12-37(13-11-36)23-15-18(26(29,30)31)5-8-20(23)27(32,33)34/h2-9,14-15H,10-13H2,1H3,(H,35,38). The molecule has 1 amide bonds. The number of piperazine rings is 1. The van der Waals surface area contributed by atoms with Gasteiger partial charge in [-0.1, -0.05) is 15.9 Å². The van der Waals surface area contributed by atoms with Crippen molar-refractivity contribution in [2.45, 2.75) is 12.4 Å². The largest absolute Gasteiger partial charge is 0.465 e. The van der Waals surface area contributed by atoms with Crippen LogP contribution in [0.4, 0.5) is 43.4 Å². The average molecular weight is 630 g/mol. The van der Waals surface area contributed by atoms with E-state index in [0.29, 0.717) is 29.4 Å². The van der Waals surface area contributed by atoms with Crippen molar-refractivity contribution in [2.75, 3.05) is 48.4 Å². The second-order valence-corrected chi connectivity index (χ2v) is 9.80. The molecule has 0 bridgehead atoms. The zero-order chi connectivity index (χ0) is 29.2. The lowest BCUT2D eigenvalue weighted by Crippen LogP contribution is -2.47. The number of methoxy groups -OCH3 is 1. The normalized spacial score (nSPS) is 14.2. The second-order valence-electron chi connectivity index (χ2n) is 8.89. The third-order valence-corrected chi connectivity index (χ3v) is 6.89. The Bertz CT molecular complexity index is 1400. The van der Waals surface area contributed by atoms with Crippen LogP contribution in [0.3, 0.4) is 0 Å². The number of alkyl halides is 6. The molecule has 0 aliphatic carbocycles. The number of rotatable bonds is 5.